The minimum Gasteiger partial charge on any atom is -0.455 e. The lowest BCUT2D eigenvalue weighted by Gasteiger charge is -2.18. The number of hydrogen-bond acceptors (Lipinski definition) is 1. The maximum atomic E-state index is 9.47. The van der Waals surface area contributed by atoms with Gasteiger partial charge < -0.3 is 4.42 Å². The van der Waals surface area contributed by atoms with Crippen molar-refractivity contribution in [3.8, 4) is 44.5 Å². The third-order valence-corrected chi connectivity index (χ3v) is 8.75. The first-order chi connectivity index (χ1) is 24.0. The molecule has 0 amide bonds. The van der Waals surface area contributed by atoms with E-state index in [4.69, 9.17) is 4.42 Å². The largest absolute Gasteiger partial charge is 0.455 e. The molecule has 9 aromatic rings. The Morgan fingerprint density at radius 1 is 0.311 bits per heavy atom. The van der Waals surface area contributed by atoms with Crippen LogP contribution in [0.15, 0.2) is 174 Å². The van der Waals surface area contributed by atoms with Crippen molar-refractivity contribution in [1.82, 2.24) is 0 Å². The van der Waals surface area contributed by atoms with Crippen LogP contribution < -0.4 is 0 Å². The van der Waals surface area contributed by atoms with Gasteiger partial charge in [0.2, 0.25) is 0 Å². The molecule has 1 heterocycles. The molecule has 0 spiro atoms. The average Bonchev–Trinajstić information content (AvgIpc) is 3.54. The third-order valence-electron chi connectivity index (χ3n) is 8.75. The Hall–Kier alpha value is -5.92. The fraction of sp³-hybridized carbons (Fsp3) is 0. The molecule has 0 unspecified atom stereocenters. The second-order valence-corrected chi connectivity index (χ2v) is 11.3. The molecule has 45 heavy (non-hydrogen) atoms. The second-order valence-electron chi connectivity index (χ2n) is 11.3. The van der Waals surface area contributed by atoms with Crippen molar-refractivity contribution >= 4 is 43.5 Å². The predicted molar refractivity (Wildman–Crippen MR) is 190 cm³/mol. The minimum absolute atomic E-state index is 0.0862. The summed E-state index contributed by atoms with van der Waals surface area (Å²) < 4.78 is 44.4. The molecule has 1 heteroatoms. The number of benzene rings is 8. The van der Waals surface area contributed by atoms with Gasteiger partial charge in [-0.05, 0) is 54.9 Å². The molecule has 0 saturated heterocycles. The van der Waals surface area contributed by atoms with Gasteiger partial charge in [-0.3, -0.25) is 0 Å². The van der Waals surface area contributed by atoms with Crippen LogP contribution in [0.5, 0.6) is 0 Å². The first-order valence-corrected chi connectivity index (χ1v) is 15.1. The van der Waals surface area contributed by atoms with Gasteiger partial charge in [0.1, 0.15) is 11.2 Å². The topological polar surface area (TPSA) is 13.1 Å². The molecule has 8 aromatic carbocycles. The van der Waals surface area contributed by atoms with Gasteiger partial charge in [0.25, 0.3) is 0 Å². The average molecular weight is 577 g/mol. The monoisotopic (exact) mass is 576 g/mol. The molecule has 0 atom stereocenters. The lowest BCUT2D eigenvalue weighted by molar-refractivity contribution is 0.671. The molecule has 0 aliphatic heterocycles. The Kier molecular flexibility index (Phi) is 5.00. The Bertz CT molecular complexity index is 2660. The second kappa shape index (κ2) is 10.4. The summed E-state index contributed by atoms with van der Waals surface area (Å²) >= 11 is 0. The van der Waals surface area contributed by atoms with Crippen LogP contribution >= 0.6 is 0 Å². The van der Waals surface area contributed by atoms with Gasteiger partial charge in [0.15, 0.2) is 0 Å². The summed E-state index contributed by atoms with van der Waals surface area (Å²) in [5.41, 5.74) is 7.13. The van der Waals surface area contributed by atoms with E-state index in [1.165, 1.54) is 0 Å². The van der Waals surface area contributed by atoms with E-state index < -0.39 is 0 Å². The molecule has 210 valence electrons. The highest BCUT2D eigenvalue weighted by molar-refractivity contribution is 6.21. The highest BCUT2D eigenvalue weighted by Crippen LogP contribution is 2.44. The summed E-state index contributed by atoms with van der Waals surface area (Å²) in [5, 5.41) is 5.53. The van der Waals surface area contributed by atoms with E-state index in [0.717, 1.165) is 60.2 Å². The van der Waals surface area contributed by atoms with E-state index in [2.05, 4.69) is 24.3 Å². The maximum Gasteiger partial charge on any atom is 0.143 e. The fourth-order valence-electron chi connectivity index (χ4n) is 6.75. The summed E-state index contributed by atoms with van der Waals surface area (Å²) in [6, 6.07) is 47.8. The van der Waals surface area contributed by atoms with E-state index in [1.54, 1.807) is 0 Å². The fourth-order valence-corrected chi connectivity index (χ4v) is 6.75. The van der Waals surface area contributed by atoms with Gasteiger partial charge in [-0.15, -0.1) is 0 Å². The van der Waals surface area contributed by atoms with Gasteiger partial charge in [0, 0.05) is 21.9 Å². The Balaban J connectivity index is 1.33. The summed E-state index contributed by atoms with van der Waals surface area (Å²) in [5.74, 6) is 0. The smallest absolute Gasteiger partial charge is 0.143 e. The molecular weight excluding hydrogens is 544 g/mol. The van der Waals surface area contributed by atoms with E-state index in [1.807, 2.05) is 121 Å². The third kappa shape index (κ3) is 4.09. The van der Waals surface area contributed by atoms with Crippen molar-refractivity contribution in [2.75, 3.05) is 0 Å². The molecule has 1 nitrogen and oxygen atoms in total. The van der Waals surface area contributed by atoms with Crippen LogP contribution in [-0.4, -0.2) is 0 Å². The van der Waals surface area contributed by atoms with E-state index in [-0.39, 0.29) is 35.3 Å². The molecule has 1 aromatic heterocycles. The van der Waals surface area contributed by atoms with Crippen molar-refractivity contribution in [2.45, 2.75) is 0 Å². The summed E-state index contributed by atoms with van der Waals surface area (Å²) in [4.78, 5) is 0. The number of fused-ring (bicyclic) bond motifs is 5. The molecular formula is C44H28O. The number of rotatable bonds is 4. The van der Waals surface area contributed by atoms with Gasteiger partial charge in [0.05, 0.1) is 5.48 Å². The first kappa shape index (κ1) is 21.7. The number of para-hydroxylation sites is 2. The Morgan fingerprint density at radius 3 is 1.20 bits per heavy atom. The predicted octanol–water partition coefficient (Wildman–Crippen LogP) is 12.6. The van der Waals surface area contributed by atoms with Crippen molar-refractivity contribution in [2.24, 2.45) is 0 Å². The van der Waals surface area contributed by atoms with Crippen LogP contribution in [0.25, 0.3) is 88.0 Å². The van der Waals surface area contributed by atoms with Crippen LogP contribution in [0.1, 0.15) is 5.48 Å². The summed E-state index contributed by atoms with van der Waals surface area (Å²) in [7, 11) is 0. The van der Waals surface area contributed by atoms with Crippen molar-refractivity contribution in [3.63, 3.8) is 0 Å². The zero-order chi connectivity index (χ0) is 33.2. The molecule has 0 bridgehead atoms. The van der Waals surface area contributed by atoms with Crippen LogP contribution in [0.3, 0.4) is 0 Å². The molecule has 9 rings (SSSR count). The van der Waals surface area contributed by atoms with Gasteiger partial charge >= 0.3 is 0 Å². The number of hydrogen-bond donors (Lipinski definition) is 0. The van der Waals surface area contributed by atoms with Crippen LogP contribution in [-0.2, 0) is 0 Å². The minimum atomic E-state index is -0.104. The van der Waals surface area contributed by atoms with Crippen LogP contribution in [0, 0.1) is 0 Å². The molecule has 0 radical (unpaired) electrons. The molecule has 0 aliphatic rings. The molecule has 0 N–H and O–H groups in total. The van der Waals surface area contributed by atoms with Crippen molar-refractivity contribution < 1.29 is 9.90 Å². The molecule has 0 saturated carbocycles. The van der Waals surface area contributed by atoms with Gasteiger partial charge in [-0.2, -0.15) is 0 Å². The quantitative estimate of drug-likeness (QED) is 0.190. The van der Waals surface area contributed by atoms with E-state index in [0.29, 0.717) is 16.7 Å². The Morgan fingerprint density at radius 2 is 0.689 bits per heavy atom. The number of furan rings is 1. The summed E-state index contributed by atoms with van der Waals surface area (Å²) in [6.07, 6.45) is 0. The SMILES string of the molecule is [2H]c1c([2H])c(-c2cccc3c2oc2c(-c4ccccc4)cccc23)c([2H])c([2H])c1-c1c2ccccc2c(-c2ccccc2)c2ccccc12. The van der Waals surface area contributed by atoms with E-state index in [9.17, 15) is 5.48 Å². The molecule has 0 fully saturated rings. The van der Waals surface area contributed by atoms with E-state index >= 15 is 0 Å². The maximum absolute atomic E-state index is 9.47. The van der Waals surface area contributed by atoms with Gasteiger partial charge in [-0.1, -0.05) is 170 Å². The van der Waals surface area contributed by atoms with Gasteiger partial charge in [-0.25, -0.2) is 0 Å². The highest BCUT2D eigenvalue weighted by atomic mass is 16.3. The zero-order valence-corrected chi connectivity index (χ0v) is 24.3. The normalized spacial score (nSPS) is 12.8. The summed E-state index contributed by atoms with van der Waals surface area (Å²) in [6.45, 7) is 0. The van der Waals surface area contributed by atoms with Crippen molar-refractivity contribution in [3.05, 3.63) is 170 Å². The zero-order valence-electron chi connectivity index (χ0n) is 28.3. The van der Waals surface area contributed by atoms with Crippen LogP contribution in [0.2, 0.25) is 0 Å². The first-order valence-electron chi connectivity index (χ1n) is 17.1. The van der Waals surface area contributed by atoms with Crippen LogP contribution in [0.4, 0.5) is 0 Å². The lowest BCUT2D eigenvalue weighted by atomic mass is 9.85. The standard InChI is InChI=1S/C44H28O/c1-3-13-29(14-4-1)33-21-11-23-39-40-24-12-22-34(44(40)45-43(33)39)30-25-27-32(28-26-30)42-37-19-9-7-17-35(37)41(31-15-5-2-6-16-31)36-18-8-10-20-38(36)42/h1-28H/i25D,26D,27D,28D. The molecule has 0 aliphatic carbocycles. The van der Waals surface area contributed by atoms with Crippen molar-refractivity contribution in [1.29, 1.82) is 0 Å². The lowest BCUT2D eigenvalue weighted by Crippen LogP contribution is -1.90. The Labute approximate surface area is 267 Å². The highest BCUT2D eigenvalue weighted by Gasteiger charge is 2.18.